The van der Waals surface area contributed by atoms with Gasteiger partial charge in [-0.2, -0.15) is 0 Å². The SMILES string of the molecule is CCCCCCCCCCCC[NH+]([O-])C(O)O. The van der Waals surface area contributed by atoms with Crippen molar-refractivity contribution in [3.8, 4) is 0 Å². The van der Waals surface area contributed by atoms with Crippen molar-refractivity contribution in [2.24, 2.45) is 0 Å². The normalized spacial score (nSPS) is 13.2. The summed E-state index contributed by atoms with van der Waals surface area (Å²) >= 11 is 0. The van der Waals surface area contributed by atoms with Gasteiger partial charge in [0.2, 0.25) is 0 Å². The van der Waals surface area contributed by atoms with E-state index in [4.69, 9.17) is 10.2 Å². The van der Waals surface area contributed by atoms with E-state index in [-0.39, 0.29) is 0 Å². The van der Waals surface area contributed by atoms with Crippen LogP contribution < -0.4 is 5.06 Å². The molecule has 4 heteroatoms. The molecule has 0 aliphatic heterocycles. The van der Waals surface area contributed by atoms with E-state index >= 15 is 0 Å². The Morgan fingerprint density at radius 1 is 0.824 bits per heavy atom. The number of rotatable bonds is 12. The minimum absolute atomic E-state index is 0.300. The molecule has 1 atom stereocenters. The summed E-state index contributed by atoms with van der Waals surface area (Å²) in [5.74, 6) is 0. The Morgan fingerprint density at radius 2 is 1.24 bits per heavy atom. The molecule has 3 N–H and O–H groups in total. The Hall–Kier alpha value is -0.160. The first-order chi connectivity index (χ1) is 8.18. The fraction of sp³-hybridized carbons (Fsp3) is 1.00. The molecule has 0 saturated heterocycles. The number of nitrogens with one attached hydrogen (secondary N) is 1. The van der Waals surface area contributed by atoms with Crippen molar-refractivity contribution in [2.45, 2.75) is 77.5 Å². The van der Waals surface area contributed by atoms with Crippen molar-refractivity contribution < 1.29 is 15.3 Å². The first-order valence-corrected chi connectivity index (χ1v) is 7.07. The van der Waals surface area contributed by atoms with E-state index in [0.29, 0.717) is 6.54 Å². The minimum Gasteiger partial charge on any atom is -0.631 e. The third kappa shape index (κ3) is 12.1. The van der Waals surface area contributed by atoms with Gasteiger partial charge in [-0.3, -0.25) is 0 Å². The molecule has 0 fully saturated rings. The van der Waals surface area contributed by atoms with Gasteiger partial charge in [0.05, 0.1) is 6.54 Å². The summed E-state index contributed by atoms with van der Waals surface area (Å²) in [6.45, 7) is 2.53. The summed E-state index contributed by atoms with van der Waals surface area (Å²) in [7, 11) is 0. The van der Waals surface area contributed by atoms with Crippen LogP contribution in [0.15, 0.2) is 0 Å². The second-order valence-electron chi connectivity index (χ2n) is 4.77. The molecular weight excluding hydrogens is 218 g/mol. The molecule has 1 unspecified atom stereocenters. The molecule has 104 valence electrons. The largest absolute Gasteiger partial charge is 0.631 e. The Morgan fingerprint density at radius 3 is 1.65 bits per heavy atom. The molecule has 0 aliphatic rings. The zero-order valence-electron chi connectivity index (χ0n) is 11.2. The van der Waals surface area contributed by atoms with E-state index in [9.17, 15) is 5.21 Å². The van der Waals surface area contributed by atoms with E-state index in [0.717, 1.165) is 19.3 Å². The summed E-state index contributed by atoms with van der Waals surface area (Å²) in [4.78, 5) is 0. The van der Waals surface area contributed by atoms with Crippen LogP contribution in [0.25, 0.3) is 0 Å². The highest BCUT2D eigenvalue weighted by Crippen LogP contribution is 2.09. The van der Waals surface area contributed by atoms with Crippen LogP contribution in [-0.4, -0.2) is 23.2 Å². The summed E-state index contributed by atoms with van der Waals surface area (Å²) in [6, 6.07) is 0. The van der Waals surface area contributed by atoms with Gasteiger partial charge in [0.15, 0.2) is 0 Å². The molecule has 0 aromatic rings. The average Bonchev–Trinajstić information content (AvgIpc) is 2.31. The van der Waals surface area contributed by atoms with Crippen LogP contribution in [0.3, 0.4) is 0 Å². The summed E-state index contributed by atoms with van der Waals surface area (Å²) in [6.07, 6.45) is 10.4. The molecule has 4 nitrogen and oxygen atoms in total. The number of hydrogen-bond donors (Lipinski definition) is 3. The third-order valence-corrected chi connectivity index (χ3v) is 3.06. The van der Waals surface area contributed by atoms with Crippen molar-refractivity contribution >= 4 is 0 Å². The zero-order chi connectivity index (χ0) is 12.9. The summed E-state index contributed by atoms with van der Waals surface area (Å²) in [5, 5.41) is 27.6. The van der Waals surface area contributed by atoms with Crippen molar-refractivity contribution in [1.29, 1.82) is 0 Å². The van der Waals surface area contributed by atoms with Gasteiger partial charge < -0.3 is 20.5 Å². The van der Waals surface area contributed by atoms with Crippen LogP contribution in [0.1, 0.15) is 71.1 Å². The quantitative estimate of drug-likeness (QED) is 0.278. The van der Waals surface area contributed by atoms with E-state index < -0.39 is 11.5 Å². The molecule has 0 spiro atoms. The van der Waals surface area contributed by atoms with Gasteiger partial charge >= 0.3 is 6.41 Å². The van der Waals surface area contributed by atoms with Gasteiger partial charge in [-0.1, -0.05) is 58.3 Å². The molecule has 0 amide bonds. The lowest BCUT2D eigenvalue weighted by Crippen LogP contribution is -3.11. The molecule has 0 saturated carbocycles. The second kappa shape index (κ2) is 12.3. The average molecular weight is 247 g/mol. The van der Waals surface area contributed by atoms with Crippen LogP contribution >= 0.6 is 0 Å². The van der Waals surface area contributed by atoms with Crippen LogP contribution in [-0.2, 0) is 0 Å². The molecule has 0 radical (unpaired) electrons. The third-order valence-electron chi connectivity index (χ3n) is 3.06. The lowest BCUT2D eigenvalue weighted by atomic mass is 10.1. The smallest absolute Gasteiger partial charge is 0.302 e. The van der Waals surface area contributed by atoms with Gasteiger partial charge in [0, 0.05) is 0 Å². The van der Waals surface area contributed by atoms with Crippen LogP contribution in [0.2, 0.25) is 0 Å². The summed E-state index contributed by atoms with van der Waals surface area (Å²) < 4.78 is 0. The van der Waals surface area contributed by atoms with Crippen molar-refractivity contribution in [3.63, 3.8) is 0 Å². The highest BCUT2D eigenvalue weighted by Gasteiger charge is 2.04. The Bertz CT molecular complexity index is 154. The maximum Gasteiger partial charge on any atom is 0.302 e. The van der Waals surface area contributed by atoms with Gasteiger partial charge in [0.1, 0.15) is 0 Å². The number of unbranched alkanes of at least 4 members (excludes halogenated alkanes) is 9. The van der Waals surface area contributed by atoms with Gasteiger partial charge in [-0.15, -0.1) is 0 Å². The molecule has 0 heterocycles. The number of hydroxylamine groups is 2. The Balaban J connectivity index is 3.03. The highest BCUT2D eigenvalue weighted by atomic mass is 16.6. The predicted molar refractivity (Wildman–Crippen MR) is 69.3 cm³/mol. The highest BCUT2D eigenvalue weighted by molar-refractivity contribution is 4.47. The molecule has 0 aliphatic carbocycles. The standard InChI is InChI=1S/C13H29NO3/c1-2-3-4-5-6-7-8-9-10-11-12-14(17)13(15)16/h13-16H,2-12H2,1H3. The summed E-state index contributed by atoms with van der Waals surface area (Å²) in [5.41, 5.74) is 0. The van der Waals surface area contributed by atoms with E-state index in [2.05, 4.69) is 6.92 Å². The second-order valence-corrected chi connectivity index (χ2v) is 4.77. The number of aliphatic hydroxyl groups excluding tert-OH is 1. The van der Waals surface area contributed by atoms with Crippen LogP contribution in [0.5, 0.6) is 0 Å². The topological polar surface area (TPSA) is 68.0 Å². The number of hydrogen-bond acceptors (Lipinski definition) is 3. The van der Waals surface area contributed by atoms with Gasteiger partial charge in [-0.05, 0) is 12.8 Å². The zero-order valence-corrected chi connectivity index (χ0v) is 11.2. The first-order valence-electron chi connectivity index (χ1n) is 7.07. The number of aliphatic hydroxyl groups is 2. The van der Waals surface area contributed by atoms with Gasteiger partial charge in [-0.25, -0.2) is 0 Å². The van der Waals surface area contributed by atoms with E-state index in [1.165, 1.54) is 44.9 Å². The molecule has 0 aromatic heterocycles. The molecule has 0 aromatic carbocycles. The maximum atomic E-state index is 10.9. The van der Waals surface area contributed by atoms with Gasteiger partial charge in [0.25, 0.3) is 0 Å². The Kier molecular flexibility index (Phi) is 12.2. The molecule has 0 rings (SSSR count). The Labute approximate surface area is 105 Å². The first kappa shape index (κ1) is 16.8. The maximum absolute atomic E-state index is 10.9. The molecule has 17 heavy (non-hydrogen) atoms. The molecule has 0 bridgehead atoms. The van der Waals surface area contributed by atoms with E-state index in [1.54, 1.807) is 0 Å². The van der Waals surface area contributed by atoms with Crippen LogP contribution in [0, 0.1) is 5.21 Å². The van der Waals surface area contributed by atoms with Crippen molar-refractivity contribution in [3.05, 3.63) is 5.21 Å². The predicted octanol–water partition coefficient (Wildman–Crippen LogP) is 1.56. The lowest BCUT2D eigenvalue weighted by Gasteiger charge is -2.23. The monoisotopic (exact) mass is 247 g/mol. The van der Waals surface area contributed by atoms with E-state index in [1.807, 2.05) is 0 Å². The number of quaternary nitrogens is 1. The molecular formula is C13H29NO3. The minimum atomic E-state index is -1.77. The fourth-order valence-corrected chi connectivity index (χ4v) is 1.92. The van der Waals surface area contributed by atoms with Crippen molar-refractivity contribution in [2.75, 3.05) is 6.54 Å². The fourth-order valence-electron chi connectivity index (χ4n) is 1.92. The van der Waals surface area contributed by atoms with Crippen LogP contribution in [0.4, 0.5) is 0 Å². The van der Waals surface area contributed by atoms with Crippen molar-refractivity contribution in [1.82, 2.24) is 0 Å². The lowest BCUT2D eigenvalue weighted by molar-refractivity contribution is -0.927.